The monoisotopic (exact) mass is 482 g/mol. The summed E-state index contributed by atoms with van der Waals surface area (Å²) in [7, 11) is 0. The number of nitrogens with one attached hydrogen (secondary N) is 3. The largest absolute Gasteiger partial charge is 0.368 e. The Kier molecular flexibility index (Phi) is 6.07. The van der Waals surface area contributed by atoms with Crippen molar-refractivity contribution in [3.8, 4) is 11.4 Å². The Labute approximate surface area is 207 Å². The predicted octanol–water partition coefficient (Wildman–Crippen LogP) is 3.65. The molecule has 5 rings (SSSR count). The predicted molar refractivity (Wildman–Crippen MR) is 140 cm³/mol. The van der Waals surface area contributed by atoms with Crippen molar-refractivity contribution in [2.45, 2.75) is 25.8 Å². The summed E-state index contributed by atoms with van der Waals surface area (Å²) in [6, 6.07) is 14.7. The average Bonchev–Trinajstić information content (AvgIpc) is 3.53. The number of nitrogens with two attached hydrogens (primary N) is 1. The molecule has 2 aromatic heterocycles. The maximum absolute atomic E-state index is 12.0. The first-order valence-electron chi connectivity index (χ1n) is 11.6. The molecule has 1 aliphatic rings. The first-order chi connectivity index (χ1) is 17.4. The zero-order valence-electron chi connectivity index (χ0n) is 19.8. The second-order valence-corrected chi connectivity index (χ2v) is 8.68. The molecule has 3 heterocycles. The highest BCUT2D eigenvalue weighted by atomic mass is 16.2. The maximum Gasteiger partial charge on any atom is 0.247 e. The van der Waals surface area contributed by atoms with Crippen molar-refractivity contribution in [1.82, 2.24) is 20.2 Å². The Hall–Kier alpha value is -4.73. The highest BCUT2D eigenvalue weighted by Gasteiger charge is 2.29. The minimum absolute atomic E-state index is 0.283. The van der Waals surface area contributed by atoms with Gasteiger partial charge in [0.1, 0.15) is 11.9 Å². The number of hydrogen-bond acceptors (Lipinski definition) is 7. The number of carbonyl (C=O) groups is 2. The molecule has 1 fully saturated rings. The summed E-state index contributed by atoms with van der Waals surface area (Å²) in [5, 5.41) is 14.0. The summed E-state index contributed by atoms with van der Waals surface area (Å²) in [5.41, 5.74) is 9.58. The zero-order valence-corrected chi connectivity index (χ0v) is 19.8. The van der Waals surface area contributed by atoms with Crippen LogP contribution in [0.3, 0.4) is 0 Å². The minimum atomic E-state index is -0.327. The fourth-order valence-corrected chi connectivity index (χ4v) is 4.39. The quantitative estimate of drug-likeness (QED) is 0.295. The van der Waals surface area contributed by atoms with Crippen LogP contribution in [0.2, 0.25) is 0 Å². The van der Waals surface area contributed by atoms with E-state index >= 15 is 0 Å². The maximum atomic E-state index is 12.0. The third-order valence-electron chi connectivity index (χ3n) is 6.14. The number of nitrogens with zero attached hydrogens (tertiary/aromatic N) is 4. The number of aromatic nitrogens is 4. The molecule has 36 heavy (non-hydrogen) atoms. The third-order valence-corrected chi connectivity index (χ3v) is 6.14. The van der Waals surface area contributed by atoms with E-state index in [0.717, 1.165) is 41.7 Å². The number of rotatable bonds is 7. The Balaban J connectivity index is 1.57. The van der Waals surface area contributed by atoms with Gasteiger partial charge in [-0.25, -0.2) is 9.97 Å². The van der Waals surface area contributed by atoms with E-state index < -0.39 is 0 Å². The van der Waals surface area contributed by atoms with Crippen LogP contribution in [0.1, 0.15) is 18.5 Å². The summed E-state index contributed by atoms with van der Waals surface area (Å²) in [4.78, 5) is 35.2. The van der Waals surface area contributed by atoms with Crippen LogP contribution in [0.25, 0.3) is 22.3 Å². The number of primary amides is 1. The van der Waals surface area contributed by atoms with Crippen molar-refractivity contribution in [2.24, 2.45) is 5.73 Å². The Bertz CT molecular complexity index is 1460. The van der Waals surface area contributed by atoms with E-state index in [2.05, 4.69) is 27.4 Å². The van der Waals surface area contributed by atoms with E-state index in [0.29, 0.717) is 28.7 Å². The first kappa shape index (κ1) is 23.0. The Morgan fingerprint density at radius 1 is 1.17 bits per heavy atom. The normalized spacial score (nSPS) is 15.1. The van der Waals surface area contributed by atoms with Gasteiger partial charge in [-0.2, -0.15) is 5.10 Å². The van der Waals surface area contributed by atoms with Gasteiger partial charge < -0.3 is 21.3 Å². The highest BCUT2D eigenvalue weighted by molar-refractivity contribution is 5.99. The van der Waals surface area contributed by atoms with Crippen LogP contribution in [-0.4, -0.2) is 44.6 Å². The van der Waals surface area contributed by atoms with Gasteiger partial charge in [0.2, 0.25) is 11.8 Å². The zero-order chi connectivity index (χ0) is 25.2. The molecular formula is C26H26N8O2. The van der Waals surface area contributed by atoms with Gasteiger partial charge in [-0.3, -0.25) is 14.7 Å². The van der Waals surface area contributed by atoms with Crippen LogP contribution in [-0.2, 0) is 9.59 Å². The van der Waals surface area contributed by atoms with E-state index in [1.165, 1.54) is 6.08 Å². The van der Waals surface area contributed by atoms with Gasteiger partial charge in [0, 0.05) is 40.6 Å². The molecule has 2 amide bonds. The molecule has 10 heteroatoms. The Morgan fingerprint density at radius 3 is 2.67 bits per heavy atom. The van der Waals surface area contributed by atoms with Gasteiger partial charge >= 0.3 is 0 Å². The molecule has 0 radical (unpaired) electrons. The van der Waals surface area contributed by atoms with Gasteiger partial charge in [0.25, 0.3) is 0 Å². The van der Waals surface area contributed by atoms with Gasteiger partial charge in [0.05, 0.1) is 5.52 Å². The van der Waals surface area contributed by atoms with Crippen molar-refractivity contribution >= 4 is 45.7 Å². The molecule has 1 aliphatic heterocycles. The summed E-state index contributed by atoms with van der Waals surface area (Å²) in [6.07, 6.45) is 2.86. The van der Waals surface area contributed by atoms with Crippen molar-refractivity contribution in [3.63, 3.8) is 0 Å². The van der Waals surface area contributed by atoms with Crippen LogP contribution < -0.4 is 21.3 Å². The highest BCUT2D eigenvalue weighted by Crippen LogP contribution is 2.32. The summed E-state index contributed by atoms with van der Waals surface area (Å²) >= 11 is 0. The number of benzene rings is 2. The summed E-state index contributed by atoms with van der Waals surface area (Å²) < 4.78 is 0. The molecule has 5 N–H and O–H groups in total. The molecule has 0 aliphatic carbocycles. The van der Waals surface area contributed by atoms with Gasteiger partial charge in [-0.05, 0) is 68.3 Å². The summed E-state index contributed by atoms with van der Waals surface area (Å²) in [5.74, 6) is 1.14. The number of anilines is 4. The van der Waals surface area contributed by atoms with Crippen LogP contribution >= 0.6 is 0 Å². The number of aromatic amines is 1. The molecule has 0 saturated carbocycles. The molecular weight excluding hydrogens is 456 g/mol. The molecule has 0 bridgehead atoms. The SMILES string of the molecule is C=CC(=O)Nc1ccc(-c2nc(Nc3cc(C)[nH]n3)c3ccc(N4CCCC4C(N)=O)cc3n2)cc1. The van der Waals surface area contributed by atoms with Crippen molar-refractivity contribution < 1.29 is 9.59 Å². The number of H-pyrrole nitrogens is 1. The van der Waals surface area contributed by atoms with Crippen molar-refractivity contribution in [3.05, 3.63) is 66.9 Å². The lowest BCUT2D eigenvalue weighted by Crippen LogP contribution is -2.40. The fraction of sp³-hybridized carbons (Fsp3) is 0.192. The number of aryl methyl sites for hydroxylation is 1. The van der Waals surface area contributed by atoms with Gasteiger partial charge in [-0.15, -0.1) is 0 Å². The molecule has 0 spiro atoms. The van der Waals surface area contributed by atoms with Crippen LogP contribution in [0, 0.1) is 6.92 Å². The van der Waals surface area contributed by atoms with Crippen LogP contribution in [0.4, 0.5) is 23.0 Å². The molecule has 10 nitrogen and oxygen atoms in total. The number of carbonyl (C=O) groups excluding carboxylic acids is 2. The number of fused-ring (bicyclic) bond motifs is 1. The Morgan fingerprint density at radius 2 is 1.97 bits per heavy atom. The molecule has 2 aromatic carbocycles. The second kappa shape index (κ2) is 9.49. The standard InChI is InChI=1S/C26H26N8O2/c1-3-23(35)28-17-8-6-16(7-9-17)25-29-20-14-18(34-12-4-5-21(34)24(27)36)10-11-19(20)26(31-25)30-22-13-15(2)32-33-22/h3,6-11,13-14,21H,1,4-5,12H2,2H3,(H2,27,36)(H,28,35)(H2,29,30,31,32,33). The third kappa shape index (κ3) is 4.61. The average molecular weight is 483 g/mol. The van der Waals surface area contributed by atoms with Gasteiger partial charge in [0.15, 0.2) is 11.6 Å². The second-order valence-electron chi connectivity index (χ2n) is 8.68. The smallest absolute Gasteiger partial charge is 0.247 e. The molecule has 4 aromatic rings. The van der Waals surface area contributed by atoms with Gasteiger partial charge in [-0.1, -0.05) is 6.58 Å². The number of amides is 2. The molecule has 1 saturated heterocycles. The molecule has 1 atom stereocenters. The lowest BCUT2D eigenvalue weighted by molar-refractivity contribution is -0.119. The van der Waals surface area contributed by atoms with Crippen molar-refractivity contribution in [1.29, 1.82) is 0 Å². The van der Waals surface area contributed by atoms with E-state index in [-0.39, 0.29) is 17.9 Å². The van der Waals surface area contributed by atoms with E-state index in [1.54, 1.807) is 12.1 Å². The van der Waals surface area contributed by atoms with E-state index in [4.69, 9.17) is 15.7 Å². The minimum Gasteiger partial charge on any atom is -0.368 e. The van der Waals surface area contributed by atoms with Crippen molar-refractivity contribution in [2.75, 3.05) is 22.1 Å². The first-order valence-corrected chi connectivity index (χ1v) is 11.6. The topological polar surface area (TPSA) is 142 Å². The molecule has 1 unspecified atom stereocenters. The lowest BCUT2D eigenvalue weighted by Gasteiger charge is -2.24. The van der Waals surface area contributed by atoms with Crippen LogP contribution in [0.5, 0.6) is 0 Å². The van der Waals surface area contributed by atoms with E-state index in [9.17, 15) is 9.59 Å². The van der Waals surface area contributed by atoms with E-state index in [1.807, 2.05) is 48.2 Å². The lowest BCUT2D eigenvalue weighted by atomic mass is 10.1. The summed E-state index contributed by atoms with van der Waals surface area (Å²) in [6.45, 7) is 6.15. The van der Waals surface area contributed by atoms with Crippen LogP contribution in [0.15, 0.2) is 61.2 Å². The fourth-order valence-electron chi connectivity index (χ4n) is 4.39. The number of hydrogen-bond donors (Lipinski definition) is 4. The molecule has 182 valence electrons.